The Labute approximate surface area is 173 Å². The van der Waals surface area contributed by atoms with Crippen molar-refractivity contribution >= 4 is 5.96 Å². The average Bonchev–Trinajstić information content (AvgIpc) is 2.75. The van der Waals surface area contributed by atoms with Crippen molar-refractivity contribution in [1.29, 1.82) is 0 Å². The van der Waals surface area contributed by atoms with Crippen LogP contribution in [-0.4, -0.2) is 86.9 Å². The number of aliphatic imine (C=N–C) groups is 1. The maximum absolute atomic E-state index is 5.60. The summed E-state index contributed by atoms with van der Waals surface area (Å²) in [5.74, 6) is 0.952. The Bertz CT molecular complexity index is 440. The van der Waals surface area contributed by atoms with Crippen LogP contribution in [0.4, 0.5) is 0 Å². The first kappa shape index (κ1) is 23.4. The van der Waals surface area contributed by atoms with E-state index in [1.54, 1.807) is 0 Å². The van der Waals surface area contributed by atoms with Crippen LogP contribution in [0.1, 0.15) is 65.7 Å². The summed E-state index contributed by atoms with van der Waals surface area (Å²) in [5.41, 5.74) is 0.269. The SMILES string of the molecule is CCN(CC)CCCC(C)NC(=NC)NCC1(N2CCOCC2)CCCCC1. The van der Waals surface area contributed by atoms with Crippen LogP contribution in [-0.2, 0) is 4.74 Å². The molecular weight excluding hydrogens is 350 g/mol. The zero-order valence-electron chi connectivity index (χ0n) is 18.9. The second-order valence-corrected chi connectivity index (χ2v) is 8.52. The van der Waals surface area contributed by atoms with Crippen LogP contribution < -0.4 is 10.6 Å². The zero-order valence-corrected chi connectivity index (χ0v) is 18.9. The van der Waals surface area contributed by atoms with Gasteiger partial charge in [0.05, 0.1) is 13.2 Å². The molecule has 0 amide bonds. The summed E-state index contributed by atoms with van der Waals surface area (Å²) in [6.45, 7) is 15.1. The van der Waals surface area contributed by atoms with E-state index in [1.807, 2.05) is 7.05 Å². The second kappa shape index (κ2) is 12.7. The van der Waals surface area contributed by atoms with Crippen molar-refractivity contribution in [1.82, 2.24) is 20.4 Å². The summed E-state index contributed by atoms with van der Waals surface area (Å²) in [7, 11) is 1.89. The van der Waals surface area contributed by atoms with Gasteiger partial charge in [0.25, 0.3) is 0 Å². The topological polar surface area (TPSA) is 52.1 Å². The smallest absolute Gasteiger partial charge is 0.191 e. The number of morpholine rings is 1. The van der Waals surface area contributed by atoms with Crippen LogP contribution in [0.25, 0.3) is 0 Å². The van der Waals surface area contributed by atoms with Gasteiger partial charge in [-0.2, -0.15) is 0 Å². The molecule has 1 unspecified atom stereocenters. The Morgan fingerprint density at radius 2 is 1.82 bits per heavy atom. The molecular formula is C22H45N5O. The standard InChI is InChI=1S/C22H45N5O/c1-5-26(6-2)14-10-11-20(3)25-21(23-4)24-19-22(12-8-7-9-13-22)27-15-17-28-18-16-27/h20H,5-19H2,1-4H3,(H2,23,24,25). The van der Waals surface area contributed by atoms with E-state index in [0.717, 1.165) is 51.9 Å². The number of rotatable bonds is 10. The van der Waals surface area contributed by atoms with Gasteiger partial charge in [0.2, 0.25) is 0 Å². The highest BCUT2D eigenvalue weighted by Crippen LogP contribution is 2.33. The van der Waals surface area contributed by atoms with Gasteiger partial charge >= 0.3 is 0 Å². The van der Waals surface area contributed by atoms with Crippen LogP contribution in [0.2, 0.25) is 0 Å². The van der Waals surface area contributed by atoms with E-state index in [9.17, 15) is 0 Å². The van der Waals surface area contributed by atoms with Gasteiger partial charge in [0, 0.05) is 38.3 Å². The molecule has 0 bridgehead atoms. The Balaban J connectivity index is 1.81. The lowest BCUT2D eigenvalue weighted by molar-refractivity contribution is -0.0352. The number of hydrogen-bond acceptors (Lipinski definition) is 4. The molecule has 2 aliphatic rings. The summed E-state index contributed by atoms with van der Waals surface area (Å²) < 4.78 is 5.60. The van der Waals surface area contributed by atoms with Crippen molar-refractivity contribution in [2.24, 2.45) is 4.99 Å². The Kier molecular flexibility index (Phi) is 10.6. The number of nitrogens with one attached hydrogen (secondary N) is 2. The summed E-state index contributed by atoms with van der Waals surface area (Å²) in [5, 5.41) is 7.29. The maximum atomic E-state index is 5.60. The first-order valence-corrected chi connectivity index (χ1v) is 11.7. The molecule has 2 fully saturated rings. The minimum atomic E-state index is 0.269. The molecule has 2 N–H and O–H groups in total. The molecule has 1 atom stereocenters. The highest BCUT2D eigenvalue weighted by atomic mass is 16.5. The Morgan fingerprint density at radius 1 is 1.14 bits per heavy atom. The van der Waals surface area contributed by atoms with Crippen LogP contribution in [0.15, 0.2) is 4.99 Å². The van der Waals surface area contributed by atoms with E-state index >= 15 is 0 Å². The monoisotopic (exact) mass is 395 g/mol. The fourth-order valence-electron chi connectivity index (χ4n) is 4.76. The third-order valence-corrected chi connectivity index (χ3v) is 6.66. The van der Waals surface area contributed by atoms with Crippen LogP contribution >= 0.6 is 0 Å². The average molecular weight is 396 g/mol. The number of ether oxygens (including phenoxy) is 1. The predicted molar refractivity (Wildman–Crippen MR) is 119 cm³/mol. The fraction of sp³-hybridized carbons (Fsp3) is 0.955. The van der Waals surface area contributed by atoms with Gasteiger partial charge < -0.3 is 20.3 Å². The number of hydrogen-bond donors (Lipinski definition) is 2. The van der Waals surface area contributed by atoms with Gasteiger partial charge in [-0.1, -0.05) is 33.1 Å². The lowest BCUT2D eigenvalue weighted by atomic mass is 9.80. The van der Waals surface area contributed by atoms with Crippen molar-refractivity contribution in [3.63, 3.8) is 0 Å². The molecule has 0 spiro atoms. The Morgan fingerprint density at radius 3 is 2.43 bits per heavy atom. The fourth-order valence-corrected chi connectivity index (χ4v) is 4.76. The summed E-state index contributed by atoms with van der Waals surface area (Å²) in [6.07, 6.45) is 9.03. The van der Waals surface area contributed by atoms with E-state index in [2.05, 4.69) is 46.2 Å². The number of nitrogens with zero attached hydrogens (tertiary/aromatic N) is 3. The maximum Gasteiger partial charge on any atom is 0.191 e. The minimum Gasteiger partial charge on any atom is -0.379 e. The molecule has 1 saturated carbocycles. The molecule has 2 rings (SSSR count). The molecule has 164 valence electrons. The molecule has 6 nitrogen and oxygen atoms in total. The second-order valence-electron chi connectivity index (χ2n) is 8.52. The van der Waals surface area contributed by atoms with Gasteiger partial charge in [-0.3, -0.25) is 9.89 Å². The van der Waals surface area contributed by atoms with E-state index in [1.165, 1.54) is 51.5 Å². The van der Waals surface area contributed by atoms with E-state index in [-0.39, 0.29) is 5.54 Å². The van der Waals surface area contributed by atoms with Crippen molar-refractivity contribution < 1.29 is 4.74 Å². The van der Waals surface area contributed by atoms with Crippen LogP contribution in [0, 0.1) is 0 Å². The largest absolute Gasteiger partial charge is 0.379 e. The van der Waals surface area contributed by atoms with Gasteiger partial charge in [-0.05, 0) is 52.2 Å². The van der Waals surface area contributed by atoms with Crippen LogP contribution in [0.3, 0.4) is 0 Å². The third kappa shape index (κ3) is 7.20. The van der Waals surface area contributed by atoms with Gasteiger partial charge in [0.1, 0.15) is 0 Å². The van der Waals surface area contributed by atoms with Crippen molar-refractivity contribution in [2.75, 3.05) is 59.5 Å². The quantitative estimate of drug-likeness (QED) is 0.440. The lowest BCUT2D eigenvalue weighted by Crippen LogP contribution is -2.60. The van der Waals surface area contributed by atoms with Crippen molar-refractivity contribution in [3.8, 4) is 0 Å². The van der Waals surface area contributed by atoms with Gasteiger partial charge in [-0.25, -0.2) is 0 Å². The predicted octanol–water partition coefficient (Wildman–Crippen LogP) is 2.70. The molecule has 0 radical (unpaired) electrons. The van der Waals surface area contributed by atoms with E-state index in [0.29, 0.717) is 6.04 Å². The molecule has 28 heavy (non-hydrogen) atoms. The summed E-state index contributed by atoms with van der Waals surface area (Å²) in [4.78, 5) is 9.68. The first-order chi connectivity index (χ1) is 13.6. The Hall–Kier alpha value is -0.850. The lowest BCUT2D eigenvalue weighted by Gasteiger charge is -2.48. The summed E-state index contributed by atoms with van der Waals surface area (Å²) in [6, 6.07) is 0.437. The van der Waals surface area contributed by atoms with Gasteiger partial charge in [0.15, 0.2) is 5.96 Å². The van der Waals surface area contributed by atoms with Crippen molar-refractivity contribution in [2.45, 2.75) is 77.3 Å². The minimum absolute atomic E-state index is 0.269. The molecule has 1 saturated heterocycles. The third-order valence-electron chi connectivity index (χ3n) is 6.66. The molecule has 1 aliphatic heterocycles. The molecule has 1 heterocycles. The number of guanidine groups is 1. The summed E-state index contributed by atoms with van der Waals surface area (Å²) >= 11 is 0. The molecule has 0 aromatic carbocycles. The first-order valence-electron chi connectivity index (χ1n) is 11.7. The highest BCUT2D eigenvalue weighted by molar-refractivity contribution is 5.80. The highest BCUT2D eigenvalue weighted by Gasteiger charge is 2.38. The molecule has 6 heteroatoms. The normalized spacial score (nSPS) is 22.2. The van der Waals surface area contributed by atoms with Crippen LogP contribution in [0.5, 0.6) is 0 Å². The van der Waals surface area contributed by atoms with Crippen molar-refractivity contribution in [3.05, 3.63) is 0 Å². The molecule has 0 aromatic heterocycles. The molecule has 1 aliphatic carbocycles. The van der Waals surface area contributed by atoms with Gasteiger partial charge in [-0.15, -0.1) is 0 Å². The zero-order chi connectivity index (χ0) is 20.2. The molecule has 0 aromatic rings. The van der Waals surface area contributed by atoms with E-state index < -0.39 is 0 Å². The van der Waals surface area contributed by atoms with E-state index in [4.69, 9.17) is 4.74 Å².